The van der Waals surface area contributed by atoms with Gasteiger partial charge < -0.3 is 11.1 Å². The van der Waals surface area contributed by atoms with Crippen molar-refractivity contribution in [1.82, 2.24) is 10.3 Å². The topological polar surface area (TPSA) is 85.1 Å². The van der Waals surface area contributed by atoms with Crippen LogP contribution in [0.2, 0.25) is 5.02 Å². The molecule has 0 bridgehead atoms. The van der Waals surface area contributed by atoms with Crippen molar-refractivity contribution < 1.29 is 9.00 Å². The van der Waals surface area contributed by atoms with E-state index in [0.717, 1.165) is 0 Å². The Balaban J connectivity index is 2.65. The summed E-state index contributed by atoms with van der Waals surface area (Å²) in [5.74, 6) is 0.211. The number of anilines is 1. The molecule has 5 nitrogen and oxygen atoms in total. The molecule has 88 valence electrons. The zero-order valence-corrected chi connectivity index (χ0v) is 10.3. The van der Waals surface area contributed by atoms with Gasteiger partial charge in [-0.15, -0.1) is 0 Å². The van der Waals surface area contributed by atoms with Gasteiger partial charge in [0.25, 0.3) is 5.91 Å². The maximum atomic E-state index is 11.6. The fraction of sp³-hybridized carbons (Fsp3) is 0.333. The Morgan fingerprint density at radius 1 is 1.62 bits per heavy atom. The van der Waals surface area contributed by atoms with Crippen LogP contribution in [0.1, 0.15) is 10.5 Å². The molecule has 0 saturated heterocycles. The van der Waals surface area contributed by atoms with Gasteiger partial charge >= 0.3 is 0 Å². The van der Waals surface area contributed by atoms with Gasteiger partial charge in [0.1, 0.15) is 11.5 Å². The van der Waals surface area contributed by atoms with Crippen LogP contribution in [0.15, 0.2) is 12.1 Å². The minimum absolute atomic E-state index is 0.0866. The number of hydrogen-bond acceptors (Lipinski definition) is 4. The van der Waals surface area contributed by atoms with Crippen LogP contribution >= 0.6 is 11.6 Å². The zero-order chi connectivity index (χ0) is 12.1. The van der Waals surface area contributed by atoms with Gasteiger partial charge in [0, 0.05) is 29.4 Å². The first kappa shape index (κ1) is 12.9. The summed E-state index contributed by atoms with van der Waals surface area (Å²) in [6, 6.07) is 3.02. The number of aromatic nitrogens is 1. The van der Waals surface area contributed by atoms with Crippen LogP contribution in [0, 0.1) is 0 Å². The molecule has 0 saturated carbocycles. The normalized spacial score (nSPS) is 12.1. The summed E-state index contributed by atoms with van der Waals surface area (Å²) in [7, 11) is -0.941. The van der Waals surface area contributed by atoms with E-state index in [-0.39, 0.29) is 16.5 Å². The van der Waals surface area contributed by atoms with Crippen molar-refractivity contribution >= 4 is 34.1 Å². The summed E-state index contributed by atoms with van der Waals surface area (Å²) >= 11 is 5.79. The molecule has 0 aliphatic rings. The van der Waals surface area contributed by atoms with Gasteiger partial charge in [-0.25, -0.2) is 4.98 Å². The van der Waals surface area contributed by atoms with Gasteiger partial charge in [0.2, 0.25) is 0 Å². The van der Waals surface area contributed by atoms with Gasteiger partial charge in [0.05, 0.1) is 5.02 Å². The fourth-order valence-electron chi connectivity index (χ4n) is 1.01. The summed E-state index contributed by atoms with van der Waals surface area (Å²) in [4.78, 5) is 15.4. The van der Waals surface area contributed by atoms with E-state index in [4.69, 9.17) is 17.3 Å². The number of nitrogen functional groups attached to an aromatic ring is 1. The Labute approximate surface area is 101 Å². The lowest BCUT2D eigenvalue weighted by atomic mass is 10.3. The van der Waals surface area contributed by atoms with Crippen molar-refractivity contribution in [3.63, 3.8) is 0 Å². The smallest absolute Gasteiger partial charge is 0.271 e. The van der Waals surface area contributed by atoms with E-state index < -0.39 is 16.7 Å². The molecule has 0 aliphatic carbocycles. The Morgan fingerprint density at radius 2 is 2.31 bits per heavy atom. The molecule has 0 aliphatic heterocycles. The average Bonchev–Trinajstić information content (AvgIpc) is 2.21. The van der Waals surface area contributed by atoms with Crippen molar-refractivity contribution in [2.24, 2.45) is 0 Å². The first-order valence-electron chi connectivity index (χ1n) is 4.51. The van der Waals surface area contributed by atoms with Crippen molar-refractivity contribution in [3.05, 3.63) is 22.8 Å². The van der Waals surface area contributed by atoms with Crippen molar-refractivity contribution in [3.8, 4) is 0 Å². The second kappa shape index (κ2) is 5.81. The van der Waals surface area contributed by atoms with E-state index in [1.54, 1.807) is 6.26 Å². The SMILES string of the molecule is CS(=O)CCNC(=O)c1nc(N)ccc1Cl. The van der Waals surface area contributed by atoms with Crippen LogP contribution < -0.4 is 11.1 Å². The monoisotopic (exact) mass is 261 g/mol. The second-order valence-corrected chi connectivity index (χ2v) is 5.06. The first-order valence-corrected chi connectivity index (χ1v) is 6.61. The highest BCUT2D eigenvalue weighted by Crippen LogP contribution is 2.14. The minimum Gasteiger partial charge on any atom is -0.384 e. The number of amides is 1. The predicted molar refractivity (Wildman–Crippen MR) is 64.9 cm³/mol. The third kappa shape index (κ3) is 3.79. The number of carbonyl (C=O) groups excluding carboxylic acids is 1. The average molecular weight is 262 g/mol. The minimum atomic E-state index is -0.941. The number of carbonyl (C=O) groups is 1. The standard InChI is InChI=1S/C9H12ClN3O2S/c1-16(15)5-4-12-9(14)8-6(10)2-3-7(11)13-8/h2-3H,4-5H2,1H3,(H2,11,13)(H,12,14). The van der Waals surface area contributed by atoms with Crippen molar-refractivity contribution in [1.29, 1.82) is 0 Å². The lowest BCUT2D eigenvalue weighted by Crippen LogP contribution is -2.28. The van der Waals surface area contributed by atoms with Crippen LogP contribution in [0.5, 0.6) is 0 Å². The van der Waals surface area contributed by atoms with Crippen LogP contribution in [0.3, 0.4) is 0 Å². The van der Waals surface area contributed by atoms with E-state index in [1.807, 2.05) is 0 Å². The van der Waals surface area contributed by atoms with E-state index in [9.17, 15) is 9.00 Å². The van der Waals surface area contributed by atoms with Gasteiger partial charge in [-0.3, -0.25) is 9.00 Å². The summed E-state index contributed by atoms with van der Waals surface area (Å²) in [6.07, 6.45) is 1.57. The maximum Gasteiger partial charge on any atom is 0.271 e. The Bertz CT molecular complexity index is 425. The third-order valence-corrected chi connectivity index (χ3v) is 2.84. The molecule has 0 spiro atoms. The highest BCUT2D eigenvalue weighted by Gasteiger charge is 2.11. The lowest BCUT2D eigenvalue weighted by molar-refractivity contribution is 0.0951. The lowest BCUT2D eigenvalue weighted by Gasteiger charge is -2.05. The number of hydrogen-bond donors (Lipinski definition) is 2. The van der Waals surface area contributed by atoms with Crippen molar-refractivity contribution in [2.75, 3.05) is 24.3 Å². The number of nitrogens with two attached hydrogens (primary N) is 1. The molecule has 0 aromatic carbocycles. The molecule has 1 rings (SSSR count). The third-order valence-electron chi connectivity index (χ3n) is 1.76. The van der Waals surface area contributed by atoms with E-state index in [0.29, 0.717) is 12.3 Å². The van der Waals surface area contributed by atoms with Crippen LogP contribution in [-0.2, 0) is 10.8 Å². The van der Waals surface area contributed by atoms with E-state index in [1.165, 1.54) is 12.1 Å². The van der Waals surface area contributed by atoms with Crippen LogP contribution in [0.4, 0.5) is 5.82 Å². The molecule has 0 fully saturated rings. The summed E-state index contributed by atoms with van der Waals surface area (Å²) in [6.45, 7) is 0.314. The molecule has 1 unspecified atom stereocenters. The molecule has 1 amide bonds. The highest BCUT2D eigenvalue weighted by atomic mass is 35.5. The van der Waals surface area contributed by atoms with E-state index in [2.05, 4.69) is 10.3 Å². The second-order valence-electron chi connectivity index (χ2n) is 3.10. The molecule has 1 aromatic heterocycles. The van der Waals surface area contributed by atoms with Gasteiger partial charge in [-0.2, -0.15) is 0 Å². The molecule has 1 aromatic rings. The predicted octanol–water partition coefficient (Wildman–Crippen LogP) is 0.426. The van der Waals surface area contributed by atoms with Crippen molar-refractivity contribution in [2.45, 2.75) is 0 Å². The maximum absolute atomic E-state index is 11.6. The highest BCUT2D eigenvalue weighted by molar-refractivity contribution is 7.84. The number of halogens is 1. The first-order chi connectivity index (χ1) is 7.50. The Morgan fingerprint density at radius 3 is 2.94 bits per heavy atom. The molecule has 0 radical (unpaired) electrons. The molecular formula is C9H12ClN3O2S. The summed E-state index contributed by atoms with van der Waals surface area (Å²) in [5, 5.41) is 2.80. The van der Waals surface area contributed by atoms with Gasteiger partial charge in [-0.1, -0.05) is 11.6 Å². The van der Waals surface area contributed by atoms with Gasteiger partial charge in [0.15, 0.2) is 0 Å². The number of nitrogens with one attached hydrogen (secondary N) is 1. The Kier molecular flexibility index (Phi) is 4.70. The molecular weight excluding hydrogens is 250 g/mol. The van der Waals surface area contributed by atoms with E-state index >= 15 is 0 Å². The Hall–Kier alpha value is -1.14. The van der Waals surface area contributed by atoms with Gasteiger partial charge in [-0.05, 0) is 12.1 Å². The molecule has 7 heteroatoms. The largest absolute Gasteiger partial charge is 0.384 e. The number of nitrogens with zero attached hydrogens (tertiary/aromatic N) is 1. The van der Waals surface area contributed by atoms with Crippen LogP contribution in [0.25, 0.3) is 0 Å². The molecule has 16 heavy (non-hydrogen) atoms. The quantitative estimate of drug-likeness (QED) is 0.823. The molecule has 1 heterocycles. The summed E-state index contributed by atoms with van der Waals surface area (Å²) in [5.41, 5.74) is 5.53. The number of pyridine rings is 1. The summed E-state index contributed by atoms with van der Waals surface area (Å²) < 4.78 is 10.8. The van der Waals surface area contributed by atoms with Crippen LogP contribution in [-0.4, -0.2) is 33.7 Å². The number of rotatable bonds is 4. The zero-order valence-electron chi connectivity index (χ0n) is 8.70. The molecule has 3 N–H and O–H groups in total. The molecule has 1 atom stereocenters. The fourth-order valence-corrected chi connectivity index (χ4v) is 1.59.